The van der Waals surface area contributed by atoms with Crippen molar-refractivity contribution in [3.63, 3.8) is 0 Å². The molecule has 1 aliphatic heterocycles. The number of nitrogens with zero attached hydrogens (tertiary/aromatic N) is 2. The fourth-order valence-corrected chi connectivity index (χ4v) is 3.95. The number of cyclic esters (lactones) is 1. The van der Waals surface area contributed by atoms with Crippen molar-refractivity contribution in [1.29, 1.82) is 0 Å². The predicted octanol–water partition coefficient (Wildman–Crippen LogP) is 2.67. The normalized spacial score (nSPS) is 15.9. The first-order valence-electron chi connectivity index (χ1n) is 11.4. The smallest absolute Gasteiger partial charge is 0.414 e. The van der Waals surface area contributed by atoms with Crippen LogP contribution in [0.3, 0.4) is 0 Å². The van der Waals surface area contributed by atoms with E-state index in [-0.39, 0.29) is 19.0 Å². The molecule has 4 rings (SSSR count). The Kier molecular flexibility index (Phi) is 7.55. The summed E-state index contributed by atoms with van der Waals surface area (Å²) in [6.45, 7) is 2.17. The number of carbonyl (C=O) groups is 3. The molecule has 36 heavy (non-hydrogen) atoms. The number of nitrogens with two attached hydrogens (primary N) is 1. The van der Waals surface area contributed by atoms with Crippen molar-refractivity contribution in [1.82, 2.24) is 15.6 Å². The number of rotatable bonds is 9. The zero-order chi connectivity index (χ0) is 25.7. The van der Waals surface area contributed by atoms with E-state index in [2.05, 4.69) is 15.6 Å². The largest absolute Gasteiger partial charge is 0.442 e. The second kappa shape index (κ2) is 11.0. The van der Waals surface area contributed by atoms with Gasteiger partial charge in [-0.3, -0.25) is 24.8 Å². The van der Waals surface area contributed by atoms with E-state index in [9.17, 15) is 18.8 Å². The minimum absolute atomic E-state index is 0.196. The van der Waals surface area contributed by atoms with Crippen LogP contribution in [-0.4, -0.2) is 42.1 Å². The summed E-state index contributed by atoms with van der Waals surface area (Å²) >= 11 is 0. The topological polar surface area (TPSA) is 127 Å². The Morgan fingerprint density at radius 1 is 1.22 bits per heavy atom. The Hall–Kier alpha value is -4.31. The van der Waals surface area contributed by atoms with Crippen molar-refractivity contribution in [3.8, 4) is 11.1 Å². The average Bonchev–Trinajstić information content (AvgIpc) is 3.24. The number of pyridine rings is 1. The lowest BCUT2D eigenvalue weighted by molar-refractivity contribution is -0.120. The third-order valence-electron chi connectivity index (χ3n) is 5.79. The van der Waals surface area contributed by atoms with Crippen LogP contribution in [0.15, 0.2) is 67.0 Å². The molecular weight excluding hydrogens is 465 g/mol. The molecule has 2 atom stereocenters. The van der Waals surface area contributed by atoms with Crippen LogP contribution in [0.2, 0.25) is 0 Å². The van der Waals surface area contributed by atoms with E-state index in [4.69, 9.17) is 10.5 Å². The first-order chi connectivity index (χ1) is 17.3. The van der Waals surface area contributed by atoms with E-state index in [0.29, 0.717) is 28.9 Å². The summed E-state index contributed by atoms with van der Waals surface area (Å²) in [4.78, 5) is 40.5. The molecule has 2 heterocycles. The Balaban J connectivity index is 1.41. The number of halogens is 1. The van der Waals surface area contributed by atoms with Gasteiger partial charge in [-0.15, -0.1) is 0 Å². The monoisotopic (exact) mass is 491 g/mol. The third-order valence-corrected chi connectivity index (χ3v) is 5.79. The van der Waals surface area contributed by atoms with Crippen molar-refractivity contribution in [2.24, 2.45) is 5.73 Å². The summed E-state index contributed by atoms with van der Waals surface area (Å²) in [5, 5.41) is 5.73. The van der Waals surface area contributed by atoms with Crippen LogP contribution in [0.4, 0.5) is 14.9 Å². The lowest BCUT2D eigenvalue weighted by atomic mass is 10.0. The molecule has 0 saturated carbocycles. The zero-order valence-electron chi connectivity index (χ0n) is 19.6. The highest BCUT2D eigenvalue weighted by Crippen LogP contribution is 2.29. The minimum Gasteiger partial charge on any atom is -0.442 e. The molecule has 10 heteroatoms. The number of anilines is 1. The van der Waals surface area contributed by atoms with Gasteiger partial charge in [0.2, 0.25) is 11.8 Å². The fourth-order valence-electron chi connectivity index (χ4n) is 3.95. The van der Waals surface area contributed by atoms with Crippen molar-refractivity contribution in [2.45, 2.75) is 25.6 Å². The van der Waals surface area contributed by atoms with Gasteiger partial charge in [-0.1, -0.05) is 30.3 Å². The summed E-state index contributed by atoms with van der Waals surface area (Å²) in [5.74, 6) is -1.21. The number of hydrogen-bond acceptors (Lipinski definition) is 6. The van der Waals surface area contributed by atoms with Crippen molar-refractivity contribution >= 4 is 23.6 Å². The minimum atomic E-state index is -0.682. The molecule has 0 radical (unpaired) electrons. The van der Waals surface area contributed by atoms with E-state index in [1.165, 1.54) is 17.9 Å². The molecule has 3 aromatic rings. The highest BCUT2D eigenvalue weighted by molar-refractivity contribution is 5.90. The van der Waals surface area contributed by atoms with Gasteiger partial charge in [-0.05, 0) is 41.0 Å². The molecule has 1 aliphatic rings. The predicted molar refractivity (Wildman–Crippen MR) is 131 cm³/mol. The van der Waals surface area contributed by atoms with Crippen molar-refractivity contribution in [3.05, 3.63) is 83.9 Å². The molecular formula is C26H26FN5O4. The van der Waals surface area contributed by atoms with Crippen molar-refractivity contribution in [2.75, 3.05) is 18.0 Å². The SMILES string of the molecule is CC(=O)NCC1CN(c2ccc(-c3ccc(CNC(C(N)=O)c4cccnc4)cc3)c(F)c2)C(=O)O1. The lowest BCUT2D eigenvalue weighted by Gasteiger charge is -2.16. The number of amides is 3. The molecule has 0 bridgehead atoms. The molecule has 4 N–H and O–H groups in total. The molecule has 2 aromatic carbocycles. The number of ether oxygens (including phenoxy) is 1. The molecule has 9 nitrogen and oxygen atoms in total. The van der Waals surface area contributed by atoms with Crippen LogP contribution in [0.1, 0.15) is 24.1 Å². The van der Waals surface area contributed by atoms with E-state index >= 15 is 0 Å². The maximum absolute atomic E-state index is 15.0. The molecule has 3 amide bonds. The van der Waals surface area contributed by atoms with Crippen LogP contribution in [0.25, 0.3) is 11.1 Å². The molecule has 1 aromatic heterocycles. The van der Waals surface area contributed by atoms with Gasteiger partial charge in [0.15, 0.2) is 0 Å². The number of carbonyl (C=O) groups excluding carboxylic acids is 3. The summed E-state index contributed by atoms with van der Waals surface area (Å²) in [6.07, 6.45) is 2.11. The molecule has 1 fully saturated rings. The molecule has 1 saturated heterocycles. The molecule has 0 spiro atoms. The maximum atomic E-state index is 15.0. The van der Waals surface area contributed by atoms with Gasteiger partial charge >= 0.3 is 6.09 Å². The van der Waals surface area contributed by atoms with Gasteiger partial charge in [0.25, 0.3) is 0 Å². The number of benzene rings is 2. The van der Waals surface area contributed by atoms with Crippen LogP contribution in [-0.2, 0) is 20.9 Å². The summed E-state index contributed by atoms with van der Waals surface area (Å²) in [6, 6.07) is 14.6. The summed E-state index contributed by atoms with van der Waals surface area (Å²) < 4.78 is 20.2. The maximum Gasteiger partial charge on any atom is 0.414 e. The first kappa shape index (κ1) is 24.8. The van der Waals surface area contributed by atoms with Crippen LogP contribution < -0.4 is 21.3 Å². The number of primary amides is 1. The molecule has 186 valence electrons. The van der Waals surface area contributed by atoms with Gasteiger partial charge in [0.1, 0.15) is 18.0 Å². The van der Waals surface area contributed by atoms with Gasteiger partial charge < -0.3 is 15.8 Å². The van der Waals surface area contributed by atoms with E-state index < -0.39 is 30.0 Å². The Morgan fingerprint density at radius 3 is 2.64 bits per heavy atom. The average molecular weight is 492 g/mol. The van der Waals surface area contributed by atoms with Gasteiger partial charge in [0.05, 0.1) is 18.8 Å². The highest BCUT2D eigenvalue weighted by Gasteiger charge is 2.32. The Morgan fingerprint density at radius 2 is 2.00 bits per heavy atom. The van der Waals surface area contributed by atoms with Gasteiger partial charge in [-0.25, -0.2) is 9.18 Å². The van der Waals surface area contributed by atoms with E-state index in [0.717, 1.165) is 5.56 Å². The Labute approximate surface area is 207 Å². The van der Waals surface area contributed by atoms with E-state index in [1.807, 2.05) is 12.1 Å². The van der Waals surface area contributed by atoms with Crippen LogP contribution in [0, 0.1) is 5.82 Å². The highest BCUT2D eigenvalue weighted by atomic mass is 19.1. The second-order valence-electron chi connectivity index (χ2n) is 8.42. The Bertz CT molecular complexity index is 1250. The van der Waals surface area contributed by atoms with E-state index in [1.54, 1.807) is 48.8 Å². The van der Waals surface area contributed by atoms with Crippen LogP contribution >= 0.6 is 0 Å². The summed E-state index contributed by atoms with van der Waals surface area (Å²) in [5.41, 5.74) is 8.51. The second-order valence-corrected chi connectivity index (χ2v) is 8.42. The first-order valence-corrected chi connectivity index (χ1v) is 11.4. The quantitative estimate of drug-likeness (QED) is 0.422. The van der Waals surface area contributed by atoms with Gasteiger partial charge in [-0.2, -0.15) is 0 Å². The van der Waals surface area contributed by atoms with Crippen LogP contribution in [0.5, 0.6) is 0 Å². The standard InChI is InChI=1S/C26H26FN5O4/c1-16(33)30-14-21-15-32(26(35)36-21)20-8-9-22(23(27)11-20)18-6-4-17(5-7-18)12-31-24(25(28)34)19-3-2-10-29-13-19/h2-11,13,21,24,31H,12,14-15H2,1H3,(H2,28,34)(H,30,33). The summed E-state index contributed by atoms with van der Waals surface area (Å²) in [7, 11) is 0. The lowest BCUT2D eigenvalue weighted by Crippen LogP contribution is -2.33. The number of aromatic nitrogens is 1. The third kappa shape index (κ3) is 5.84. The molecule has 0 aliphatic carbocycles. The van der Waals surface area contributed by atoms with Gasteiger partial charge in [0, 0.05) is 31.4 Å². The number of nitrogens with one attached hydrogen (secondary N) is 2. The molecule has 2 unspecified atom stereocenters. The zero-order valence-corrected chi connectivity index (χ0v) is 19.6. The fraction of sp³-hybridized carbons (Fsp3) is 0.231. The number of hydrogen-bond donors (Lipinski definition) is 3. The van der Waals surface area contributed by atoms with Crippen molar-refractivity contribution < 1.29 is 23.5 Å².